The topological polar surface area (TPSA) is 64.4 Å². The lowest BCUT2D eigenvalue weighted by molar-refractivity contribution is -0.386. The van der Waals surface area contributed by atoms with Crippen molar-refractivity contribution >= 4 is 5.69 Å². The van der Waals surface area contributed by atoms with Crippen molar-refractivity contribution in [1.29, 1.82) is 0 Å². The Hall–Kier alpha value is -1.83. The Morgan fingerprint density at radius 2 is 2.10 bits per heavy atom. The van der Waals surface area contributed by atoms with Crippen LogP contribution in [-0.4, -0.2) is 23.7 Å². The van der Waals surface area contributed by atoms with Crippen LogP contribution in [0.5, 0.6) is 5.75 Å². The molecule has 20 heavy (non-hydrogen) atoms. The third-order valence-corrected chi connectivity index (χ3v) is 2.78. The van der Waals surface area contributed by atoms with Crippen molar-refractivity contribution in [2.24, 2.45) is 0 Å². The zero-order valence-electron chi connectivity index (χ0n) is 10.4. The van der Waals surface area contributed by atoms with E-state index in [2.05, 4.69) is 10.1 Å². The standard InChI is InChI=1S/C12H13F3N2O3/c13-12(14,15)7-20-11-5-8(6-16-9-2-3-9)1-4-10(11)17(18)19/h1,4-5,9,16H,2-3,6-7H2. The van der Waals surface area contributed by atoms with Crippen LogP contribution in [0, 0.1) is 10.1 Å². The molecule has 1 fully saturated rings. The van der Waals surface area contributed by atoms with Crippen LogP contribution >= 0.6 is 0 Å². The lowest BCUT2D eigenvalue weighted by Gasteiger charge is -2.11. The molecule has 0 spiro atoms. The maximum absolute atomic E-state index is 12.1. The predicted molar refractivity (Wildman–Crippen MR) is 64.5 cm³/mol. The summed E-state index contributed by atoms with van der Waals surface area (Å²) in [4.78, 5) is 10.0. The Bertz CT molecular complexity index is 501. The number of benzene rings is 1. The van der Waals surface area contributed by atoms with Gasteiger partial charge >= 0.3 is 11.9 Å². The van der Waals surface area contributed by atoms with E-state index in [0.29, 0.717) is 18.2 Å². The van der Waals surface area contributed by atoms with Gasteiger partial charge in [-0.3, -0.25) is 10.1 Å². The van der Waals surface area contributed by atoms with E-state index in [4.69, 9.17) is 0 Å². The molecule has 0 unspecified atom stereocenters. The molecule has 1 aromatic carbocycles. The smallest absolute Gasteiger partial charge is 0.422 e. The third kappa shape index (κ3) is 4.37. The number of alkyl halides is 3. The Morgan fingerprint density at radius 3 is 2.65 bits per heavy atom. The molecular formula is C12H13F3N2O3. The van der Waals surface area contributed by atoms with E-state index < -0.39 is 23.4 Å². The molecule has 1 aromatic rings. The van der Waals surface area contributed by atoms with E-state index in [1.807, 2.05) is 0 Å². The molecule has 1 aliphatic carbocycles. The van der Waals surface area contributed by atoms with Gasteiger partial charge in [-0.15, -0.1) is 0 Å². The number of nitrogens with zero attached hydrogens (tertiary/aromatic N) is 1. The average molecular weight is 290 g/mol. The molecular weight excluding hydrogens is 277 g/mol. The first kappa shape index (κ1) is 14.6. The minimum atomic E-state index is -4.53. The van der Waals surface area contributed by atoms with Gasteiger partial charge in [0.15, 0.2) is 12.4 Å². The van der Waals surface area contributed by atoms with E-state index in [1.165, 1.54) is 12.1 Å². The minimum Gasteiger partial charge on any atom is -0.477 e. The fraction of sp³-hybridized carbons (Fsp3) is 0.500. The second-order valence-electron chi connectivity index (χ2n) is 4.62. The molecule has 1 saturated carbocycles. The van der Waals surface area contributed by atoms with Crippen LogP contribution in [0.25, 0.3) is 0 Å². The summed E-state index contributed by atoms with van der Waals surface area (Å²) in [7, 11) is 0. The number of nitro benzene ring substituents is 1. The van der Waals surface area contributed by atoms with Gasteiger partial charge in [-0.2, -0.15) is 13.2 Å². The molecule has 0 saturated heterocycles. The van der Waals surface area contributed by atoms with Gasteiger partial charge < -0.3 is 10.1 Å². The van der Waals surface area contributed by atoms with Crippen LogP contribution in [0.1, 0.15) is 18.4 Å². The Morgan fingerprint density at radius 1 is 1.40 bits per heavy atom. The Labute approximate surface area is 112 Å². The molecule has 0 aromatic heterocycles. The van der Waals surface area contributed by atoms with Crippen LogP contribution in [-0.2, 0) is 6.54 Å². The highest BCUT2D eigenvalue weighted by atomic mass is 19.4. The van der Waals surface area contributed by atoms with Gasteiger partial charge in [-0.1, -0.05) is 6.07 Å². The fourth-order valence-corrected chi connectivity index (χ4v) is 1.64. The van der Waals surface area contributed by atoms with Gasteiger partial charge in [-0.05, 0) is 24.5 Å². The Kier molecular flexibility index (Phi) is 4.12. The highest BCUT2D eigenvalue weighted by molar-refractivity contribution is 5.48. The molecule has 0 aliphatic heterocycles. The van der Waals surface area contributed by atoms with Crippen molar-refractivity contribution in [2.45, 2.75) is 31.6 Å². The number of nitro groups is 1. The van der Waals surface area contributed by atoms with Crippen LogP contribution in [0.4, 0.5) is 18.9 Å². The van der Waals surface area contributed by atoms with Gasteiger partial charge in [0.2, 0.25) is 0 Å². The number of halogens is 3. The summed E-state index contributed by atoms with van der Waals surface area (Å²) in [5.74, 6) is -0.359. The highest BCUT2D eigenvalue weighted by Gasteiger charge is 2.30. The van der Waals surface area contributed by atoms with E-state index in [9.17, 15) is 23.3 Å². The Balaban J connectivity index is 2.10. The predicted octanol–water partition coefficient (Wildman–Crippen LogP) is 2.79. The van der Waals surface area contributed by atoms with Crippen LogP contribution in [0.2, 0.25) is 0 Å². The van der Waals surface area contributed by atoms with Crippen molar-refractivity contribution < 1.29 is 22.8 Å². The first-order chi connectivity index (χ1) is 9.35. The molecule has 0 atom stereocenters. The van der Waals surface area contributed by atoms with E-state index >= 15 is 0 Å². The summed E-state index contributed by atoms with van der Waals surface area (Å²) in [6.07, 6.45) is -2.38. The van der Waals surface area contributed by atoms with Gasteiger partial charge in [0.05, 0.1) is 4.92 Å². The molecule has 1 N–H and O–H groups in total. The summed E-state index contributed by atoms with van der Waals surface area (Å²) in [6.45, 7) is -1.10. The zero-order valence-corrected chi connectivity index (χ0v) is 10.4. The molecule has 1 aliphatic rings. The zero-order chi connectivity index (χ0) is 14.8. The van der Waals surface area contributed by atoms with Crippen LogP contribution < -0.4 is 10.1 Å². The van der Waals surface area contributed by atoms with Gasteiger partial charge in [0.25, 0.3) is 0 Å². The summed E-state index contributed by atoms with van der Waals surface area (Å²) in [6, 6.07) is 4.38. The van der Waals surface area contributed by atoms with E-state index in [-0.39, 0.29) is 5.75 Å². The summed E-state index contributed by atoms with van der Waals surface area (Å²) < 4.78 is 40.9. The second kappa shape index (κ2) is 5.66. The number of ether oxygens (including phenoxy) is 1. The lowest BCUT2D eigenvalue weighted by Crippen LogP contribution is -2.20. The molecule has 0 heterocycles. The fourth-order valence-electron chi connectivity index (χ4n) is 1.64. The molecule has 0 amide bonds. The first-order valence-electron chi connectivity index (χ1n) is 6.05. The minimum absolute atomic E-state index is 0.359. The average Bonchev–Trinajstić information content (AvgIpc) is 3.16. The lowest BCUT2D eigenvalue weighted by atomic mass is 10.2. The largest absolute Gasteiger partial charge is 0.477 e. The number of hydrogen-bond donors (Lipinski definition) is 1. The molecule has 5 nitrogen and oxygen atoms in total. The summed E-state index contributed by atoms with van der Waals surface area (Å²) in [5, 5.41) is 13.9. The third-order valence-electron chi connectivity index (χ3n) is 2.78. The molecule has 110 valence electrons. The number of nitrogens with one attached hydrogen (secondary N) is 1. The normalized spacial score (nSPS) is 15.2. The maximum Gasteiger partial charge on any atom is 0.422 e. The second-order valence-corrected chi connectivity index (χ2v) is 4.62. The molecule has 0 radical (unpaired) electrons. The van der Waals surface area contributed by atoms with Gasteiger partial charge in [0, 0.05) is 18.7 Å². The monoisotopic (exact) mass is 290 g/mol. The van der Waals surface area contributed by atoms with E-state index in [1.54, 1.807) is 0 Å². The van der Waals surface area contributed by atoms with Crippen LogP contribution in [0.3, 0.4) is 0 Å². The number of rotatable bonds is 6. The van der Waals surface area contributed by atoms with Crippen molar-refractivity contribution in [3.63, 3.8) is 0 Å². The van der Waals surface area contributed by atoms with Crippen molar-refractivity contribution in [3.05, 3.63) is 33.9 Å². The highest BCUT2D eigenvalue weighted by Crippen LogP contribution is 2.30. The van der Waals surface area contributed by atoms with Crippen molar-refractivity contribution in [3.8, 4) is 5.75 Å². The van der Waals surface area contributed by atoms with E-state index in [0.717, 1.165) is 18.9 Å². The number of hydrogen-bond acceptors (Lipinski definition) is 4. The summed E-state index contributed by atoms with van der Waals surface area (Å²) >= 11 is 0. The van der Waals surface area contributed by atoms with Gasteiger partial charge in [0.1, 0.15) is 0 Å². The molecule has 8 heteroatoms. The quantitative estimate of drug-likeness (QED) is 0.646. The molecule has 2 rings (SSSR count). The molecule has 0 bridgehead atoms. The van der Waals surface area contributed by atoms with Crippen LogP contribution in [0.15, 0.2) is 18.2 Å². The van der Waals surface area contributed by atoms with Crippen molar-refractivity contribution in [2.75, 3.05) is 6.61 Å². The van der Waals surface area contributed by atoms with Gasteiger partial charge in [-0.25, -0.2) is 0 Å². The first-order valence-corrected chi connectivity index (χ1v) is 6.05. The SMILES string of the molecule is O=[N+]([O-])c1ccc(CNC2CC2)cc1OCC(F)(F)F. The van der Waals surface area contributed by atoms with Crippen molar-refractivity contribution in [1.82, 2.24) is 5.32 Å². The maximum atomic E-state index is 12.1. The summed E-state index contributed by atoms with van der Waals surface area (Å²) in [5.41, 5.74) is 0.184.